The first-order valence-electron chi connectivity index (χ1n) is 5.83. The molecule has 0 saturated heterocycles. The highest BCUT2D eigenvalue weighted by Crippen LogP contribution is 2.22. The number of benzene rings is 1. The Hall–Kier alpha value is -2.83. The number of hydrogen-bond donors (Lipinski definition) is 2. The molecule has 0 unspecified atom stereocenters. The molecule has 0 aliphatic rings. The van der Waals surface area contributed by atoms with E-state index in [9.17, 15) is 14.7 Å². The summed E-state index contributed by atoms with van der Waals surface area (Å²) in [6, 6.07) is 6.76. The Morgan fingerprint density at radius 3 is 2.75 bits per heavy atom. The maximum absolute atomic E-state index is 11.5. The van der Waals surface area contributed by atoms with E-state index < -0.39 is 22.8 Å². The summed E-state index contributed by atoms with van der Waals surface area (Å²) in [4.78, 5) is 22.4. The average molecular weight is 276 g/mol. The minimum atomic E-state index is -1.51. The average Bonchev–Trinajstić information content (AvgIpc) is 2.42. The first-order valence-corrected chi connectivity index (χ1v) is 5.83. The van der Waals surface area contributed by atoms with E-state index in [-0.39, 0.29) is 0 Å². The second-order valence-corrected chi connectivity index (χ2v) is 3.84. The van der Waals surface area contributed by atoms with Gasteiger partial charge in [0.2, 0.25) is 5.69 Å². The Kier molecular flexibility index (Phi) is 3.69. The number of carbonyl (C=O) groups is 1. The molecule has 0 amide bonds. The van der Waals surface area contributed by atoms with Crippen molar-refractivity contribution in [3.05, 3.63) is 46.4 Å². The SMILES string of the molecule is CCOc1ccccc1-n1cc(O)c(=O)c(C(=O)O)n1. The fourth-order valence-corrected chi connectivity index (χ4v) is 1.67. The van der Waals surface area contributed by atoms with Gasteiger partial charge in [-0.3, -0.25) is 4.79 Å². The second kappa shape index (κ2) is 5.43. The molecule has 1 heterocycles. The second-order valence-electron chi connectivity index (χ2n) is 3.84. The van der Waals surface area contributed by atoms with Gasteiger partial charge in [0.25, 0.3) is 5.43 Å². The third-order valence-corrected chi connectivity index (χ3v) is 2.51. The lowest BCUT2D eigenvalue weighted by Crippen LogP contribution is -2.21. The first kappa shape index (κ1) is 13.6. The predicted octanol–water partition coefficient (Wildman–Crippen LogP) is 1.03. The summed E-state index contributed by atoms with van der Waals surface area (Å²) in [5.41, 5.74) is -1.36. The minimum Gasteiger partial charge on any atom is -0.503 e. The van der Waals surface area contributed by atoms with E-state index >= 15 is 0 Å². The lowest BCUT2D eigenvalue weighted by molar-refractivity contribution is 0.0686. The van der Waals surface area contributed by atoms with Crippen LogP contribution >= 0.6 is 0 Å². The van der Waals surface area contributed by atoms with Gasteiger partial charge in [0, 0.05) is 0 Å². The summed E-state index contributed by atoms with van der Waals surface area (Å²) in [5, 5.41) is 22.2. The molecule has 1 aromatic heterocycles. The number of aromatic hydroxyl groups is 1. The van der Waals surface area contributed by atoms with Crippen molar-refractivity contribution in [3.63, 3.8) is 0 Å². The number of nitrogens with zero attached hydrogens (tertiary/aromatic N) is 2. The molecule has 1 aromatic carbocycles. The van der Waals surface area contributed by atoms with Crippen molar-refractivity contribution in [2.45, 2.75) is 6.92 Å². The number of rotatable bonds is 4. The zero-order valence-corrected chi connectivity index (χ0v) is 10.6. The highest BCUT2D eigenvalue weighted by molar-refractivity contribution is 5.85. The van der Waals surface area contributed by atoms with Gasteiger partial charge in [-0.25, -0.2) is 9.48 Å². The molecular weight excluding hydrogens is 264 g/mol. The fourth-order valence-electron chi connectivity index (χ4n) is 1.67. The van der Waals surface area contributed by atoms with Crippen molar-refractivity contribution < 1.29 is 19.7 Å². The number of ether oxygens (including phenoxy) is 1. The summed E-state index contributed by atoms with van der Waals surface area (Å²) >= 11 is 0. The maximum Gasteiger partial charge on any atom is 0.360 e. The largest absolute Gasteiger partial charge is 0.503 e. The van der Waals surface area contributed by atoms with Crippen LogP contribution in [0.25, 0.3) is 5.69 Å². The van der Waals surface area contributed by atoms with Gasteiger partial charge < -0.3 is 14.9 Å². The summed E-state index contributed by atoms with van der Waals surface area (Å²) in [5.74, 6) is -1.74. The molecule has 0 bridgehead atoms. The van der Waals surface area contributed by atoms with Crippen molar-refractivity contribution in [2.24, 2.45) is 0 Å². The van der Waals surface area contributed by atoms with Crippen LogP contribution in [0.4, 0.5) is 0 Å². The van der Waals surface area contributed by atoms with Crippen LogP contribution in [-0.2, 0) is 0 Å². The molecular formula is C13H12N2O5. The number of hydrogen-bond acceptors (Lipinski definition) is 5. The van der Waals surface area contributed by atoms with Gasteiger partial charge in [0.1, 0.15) is 11.4 Å². The highest BCUT2D eigenvalue weighted by Gasteiger charge is 2.17. The normalized spacial score (nSPS) is 10.2. The molecule has 20 heavy (non-hydrogen) atoms. The number of aromatic carboxylic acids is 1. The molecule has 0 spiro atoms. The van der Waals surface area contributed by atoms with Gasteiger partial charge in [0.15, 0.2) is 5.75 Å². The fraction of sp³-hybridized carbons (Fsp3) is 0.154. The van der Waals surface area contributed by atoms with Crippen LogP contribution in [0.1, 0.15) is 17.4 Å². The van der Waals surface area contributed by atoms with Crippen molar-refractivity contribution in [2.75, 3.05) is 6.61 Å². The predicted molar refractivity (Wildman–Crippen MR) is 69.6 cm³/mol. The Labute approximate surface area is 113 Å². The number of carboxylic acid groups (broad SMARTS) is 1. The third kappa shape index (κ3) is 2.46. The molecule has 2 aromatic rings. The van der Waals surface area contributed by atoms with Crippen LogP contribution in [0.3, 0.4) is 0 Å². The van der Waals surface area contributed by atoms with Crippen LogP contribution in [-0.4, -0.2) is 32.6 Å². The molecule has 2 N–H and O–H groups in total. The summed E-state index contributed by atoms with van der Waals surface area (Å²) in [6.45, 7) is 2.21. The van der Waals surface area contributed by atoms with E-state index in [1.54, 1.807) is 31.2 Å². The molecule has 0 radical (unpaired) electrons. The van der Waals surface area contributed by atoms with Gasteiger partial charge in [-0.2, -0.15) is 5.10 Å². The molecule has 7 heteroatoms. The van der Waals surface area contributed by atoms with Gasteiger partial charge >= 0.3 is 5.97 Å². The molecule has 0 fully saturated rings. The Morgan fingerprint density at radius 1 is 1.40 bits per heavy atom. The maximum atomic E-state index is 11.5. The van der Waals surface area contributed by atoms with Crippen molar-refractivity contribution in [1.82, 2.24) is 9.78 Å². The topological polar surface area (TPSA) is 102 Å². The smallest absolute Gasteiger partial charge is 0.360 e. The monoisotopic (exact) mass is 276 g/mol. The number of para-hydroxylation sites is 2. The van der Waals surface area contributed by atoms with E-state index in [4.69, 9.17) is 9.84 Å². The Morgan fingerprint density at radius 2 is 2.10 bits per heavy atom. The quantitative estimate of drug-likeness (QED) is 0.865. The standard InChI is InChI=1S/C13H12N2O5/c1-2-20-10-6-4-3-5-8(10)15-7-9(16)12(17)11(14-15)13(18)19/h3-7,16H,2H2,1H3,(H,18,19). The lowest BCUT2D eigenvalue weighted by Gasteiger charge is -2.12. The number of aromatic nitrogens is 2. The van der Waals surface area contributed by atoms with E-state index in [0.717, 1.165) is 10.9 Å². The molecule has 104 valence electrons. The Bertz CT molecular complexity index is 708. The molecule has 0 aliphatic carbocycles. The summed E-state index contributed by atoms with van der Waals surface area (Å²) < 4.78 is 6.50. The van der Waals surface area contributed by atoms with Crippen molar-refractivity contribution in [3.8, 4) is 17.2 Å². The third-order valence-electron chi connectivity index (χ3n) is 2.51. The van der Waals surface area contributed by atoms with E-state index in [1.165, 1.54) is 0 Å². The molecule has 0 atom stereocenters. The van der Waals surface area contributed by atoms with Crippen LogP contribution in [0, 0.1) is 0 Å². The number of carboxylic acids is 1. The van der Waals surface area contributed by atoms with E-state index in [1.807, 2.05) is 0 Å². The zero-order valence-electron chi connectivity index (χ0n) is 10.6. The zero-order chi connectivity index (χ0) is 14.7. The molecule has 0 aliphatic heterocycles. The van der Waals surface area contributed by atoms with E-state index in [0.29, 0.717) is 18.0 Å². The molecule has 7 nitrogen and oxygen atoms in total. The van der Waals surface area contributed by atoms with E-state index in [2.05, 4.69) is 5.10 Å². The minimum absolute atomic E-state index is 0.412. The molecule has 0 saturated carbocycles. The van der Waals surface area contributed by atoms with Crippen LogP contribution < -0.4 is 10.2 Å². The first-order chi connectivity index (χ1) is 9.54. The van der Waals surface area contributed by atoms with Crippen LogP contribution in [0.15, 0.2) is 35.3 Å². The van der Waals surface area contributed by atoms with Crippen molar-refractivity contribution >= 4 is 5.97 Å². The van der Waals surface area contributed by atoms with Crippen molar-refractivity contribution in [1.29, 1.82) is 0 Å². The highest BCUT2D eigenvalue weighted by atomic mass is 16.5. The van der Waals surface area contributed by atoms with Gasteiger partial charge in [0.05, 0.1) is 12.8 Å². The van der Waals surface area contributed by atoms with Gasteiger partial charge in [-0.05, 0) is 19.1 Å². The summed E-state index contributed by atoms with van der Waals surface area (Å²) in [6.07, 6.45) is 1.05. The van der Waals surface area contributed by atoms with Gasteiger partial charge in [-0.1, -0.05) is 12.1 Å². The Balaban J connectivity index is 2.65. The van der Waals surface area contributed by atoms with Crippen LogP contribution in [0.5, 0.6) is 11.5 Å². The van der Waals surface area contributed by atoms with Gasteiger partial charge in [-0.15, -0.1) is 0 Å². The van der Waals surface area contributed by atoms with Crippen LogP contribution in [0.2, 0.25) is 0 Å². The lowest BCUT2D eigenvalue weighted by atomic mass is 10.3. The molecule has 2 rings (SSSR count). The summed E-state index contributed by atoms with van der Waals surface area (Å²) in [7, 11) is 0.